The molecular formula is C13H22N2O. The number of aromatic nitrogens is 1. The van der Waals surface area contributed by atoms with Crippen LogP contribution in [0.3, 0.4) is 0 Å². The maximum Gasteiger partial charge on any atom is 0.180 e. The highest BCUT2D eigenvalue weighted by Crippen LogP contribution is 2.29. The highest BCUT2D eigenvalue weighted by Gasteiger charge is 2.17. The first-order chi connectivity index (χ1) is 7.84. The van der Waals surface area contributed by atoms with Gasteiger partial charge < -0.3 is 9.73 Å². The van der Waals surface area contributed by atoms with Crippen molar-refractivity contribution in [1.29, 1.82) is 0 Å². The van der Waals surface area contributed by atoms with Gasteiger partial charge in [0, 0.05) is 0 Å². The van der Waals surface area contributed by atoms with Crippen LogP contribution in [-0.2, 0) is 6.54 Å². The molecule has 2 rings (SSSR count). The van der Waals surface area contributed by atoms with Gasteiger partial charge in [0.2, 0.25) is 0 Å². The van der Waals surface area contributed by atoms with Gasteiger partial charge >= 0.3 is 0 Å². The average Bonchev–Trinajstić information content (AvgIpc) is 2.80. The molecule has 1 aliphatic rings. The average molecular weight is 222 g/mol. The van der Waals surface area contributed by atoms with Gasteiger partial charge in [-0.15, -0.1) is 0 Å². The smallest absolute Gasteiger partial charge is 0.180 e. The number of nitrogens with zero attached hydrogens (tertiary/aromatic N) is 1. The molecule has 1 aromatic heterocycles. The lowest BCUT2D eigenvalue weighted by molar-refractivity contribution is 0.274. The monoisotopic (exact) mass is 222 g/mol. The molecule has 0 atom stereocenters. The van der Waals surface area contributed by atoms with Crippen molar-refractivity contribution in [2.75, 3.05) is 6.54 Å². The van der Waals surface area contributed by atoms with E-state index in [1.165, 1.54) is 38.5 Å². The van der Waals surface area contributed by atoms with E-state index in [9.17, 15) is 0 Å². The van der Waals surface area contributed by atoms with E-state index in [0.717, 1.165) is 30.7 Å². The summed E-state index contributed by atoms with van der Waals surface area (Å²) >= 11 is 0. The minimum absolute atomic E-state index is 0.809. The summed E-state index contributed by atoms with van der Waals surface area (Å²) in [6.07, 6.45) is 10.3. The van der Waals surface area contributed by atoms with E-state index in [4.69, 9.17) is 4.42 Å². The van der Waals surface area contributed by atoms with Gasteiger partial charge in [-0.3, -0.25) is 0 Å². The minimum atomic E-state index is 0.809. The fourth-order valence-corrected chi connectivity index (χ4v) is 2.46. The Hall–Kier alpha value is -0.830. The zero-order valence-corrected chi connectivity index (χ0v) is 10.1. The summed E-state index contributed by atoms with van der Waals surface area (Å²) in [5.74, 6) is 2.83. The van der Waals surface area contributed by atoms with Crippen molar-refractivity contribution in [3.05, 3.63) is 18.4 Å². The lowest BCUT2D eigenvalue weighted by atomic mass is 9.81. The molecule has 1 saturated carbocycles. The van der Waals surface area contributed by atoms with Crippen LogP contribution >= 0.6 is 0 Å². The summed E-state index contributed by atoms with van der Waals surface area (Å²) in [4.78, 5) is 3.89. The number of hydrogen-bond donors (Lipinski definition) is 1. The van der Waals surface area contributed by atoms with Crippen LogP contribution < -0.4 is 5.32 Å². The number of nitrogens with one attached hydrogen (secondary N) is 1. The van der Waals surface area contributed by atoms with Gasteiger partial charge in [0.25, 0.3) is 0 Å². The summed E-state index contributed by atoms with van der Waals surface area (Å²) in [5, 5.41) is 3.41. The van der Waals surface area contributed by atoms with Crippen LogP contribution in [0.4, 0.5) is 0 Å². The van der Waals surface area contributed by atoms with E-state index in [1.807, 2.05) is 0 Å². The summed E-state index contributed by atoms with van der Waals surface area (Å²) in [5.41, 5.74) is 0. The van der Waals surface area contributed by atoms with Crippen LogP contribution in [0, 0.1) is 11.8 Å². The fourth-order valence-electron chi connectivity index (χ4n) is 2.46. The Labute approximate surface area is 97.6 Å². The first kappa shape index (κ1) is 11.6. The van der Waals surface area contributed by atoms with Gasteiger partial charge in [-0.1, -0.05) is 32.6 Å². The van der Waals surface area contributed by atoms with Crippen LogP contribution in [-0.4, -0.2) is 11.5 Å². The van der Waals surface area contributed by atoms with Gasteiger partial charge in [-0.2, -0.15) is 0 Å². The number of hydrogen-bond acceptors (Lipinski definition) is 3. The Morgan fingerprint density at radius 3 is 2.88 bits per heavy atom. The standard InChI is InChI=1S/C13H22N2O/c1-11-2-4-12(5-3-11)6-7-14-8-13-9-15-10-16-13/h9-12,14H,2-8H2,1H3. The lowest BCUT2D eigenvalue weighted by Gasteiger charge is -2.26. The van der Waals surface area contributed by atoms with E-state index in [2.05, 4.69) is 17.2 Å². The summed E-state index contributed by atoms with van der Waals surface area (Å²) in [7, 11) is 0. The Balaban J connectivity index is 1.55. The van der Waals surface area contributed by atoms with Gasteiger partial charge in [-0.05, 0) is 24.8 Å². The molecular weight excluding hydrogens is 200 g/mol. The second-order valence-corrected chi connectivity index (χ2v) is 5.06. The van der Waals surface area contributed by atoms with Crippen LogP contribution in [0.2, 0.25) is 0 Å². The molecule has 1 N–H and O–H groups in total. The lowest BCUT2D eigenvalue weighted by Crippen LogP contribution is -2.20. The SMILES string of the molecule is CC1CCC(CCNCc2cnco2)CC1. The van der Waals surface area contributed by atoms with Gasteiger partial charge in [0.15, 0.2) is 6.39 Å². The Morgan fingerprint density at radius 1 is 1.38 bits per heavy atom. The fraction of sp³-hybridized carbons (Fsp3) is 0.769. The van der Waals surface area contributed by atoms with E-state index >= 15 is 0 Å². The molecule has 1 aromatic rings. The minimum Gasteiger partial charge on any atom is -0.447 e. The Morgan fingerprint density at radius 2 is 2.19 bits per heavy atom. The summed E-state index contributed by atoms with van der Waals surface area (Å²) in [6.45, 7) is 4.28. The van der Waals surface area contributed by atoms with Gasteiger partial charge in [0.1, 0.15) is 5.76 Å². The molecule has 0 aromatic carbocycles. The maximum absolute atomic E-state index is 5.17. The first-order valence-electron chi connectivity index (χ1n) is 6.42. The van der Waals surface area contributed by atoms with Crippen LogP contribution in [0.5, 0.6) is 0 Å². The molecule has 0 saturated heterocycles. The molecule has 3 nitrogen and oxygen atoms in total. The predicted octanol–water partition coefficient (Wildman–Crippen LogP) is 2.98. The van der Waals surface area contributed by atoms with Crippen molar-refractivity contribution in [1.82, 2.24) is 10.3 Å². The molecule has 3 heteroatoms. The van der Waals surface area contributed by atoms with Crippen molar-refractivity contribution in [2.45, 2.75) is 45.6 Å². The molecule has 1 aliphatic carbocycles. The van der Waals surface area contributed by atoms with Gasteiger partial charge in [0.05, 0.1) is 12.7 Å². The first-order valence-corrected chi connectivity index (χ1v) is 6.42. The van der Waals surface area contributed by atoms with E-state index in [0.29, 0.717) is 0 Å². The largest absolute Gasteiger partial charge is 0.447 e. The van der Waals surface area contributed by atoms with Crippen LogP contribution in [0.25, 0.3) is 0 Å². The van der Waals surface area contributed by atoms with Crippen LogP contribution in [0.15, 0.2) is 17.0 Å². The zero-order chi connectivity index (χ0) is 11.2. The van der Waals surface area contributed by atoms with Gasteiger partial charge in [-0.25, -0.2) is 4.98 Å². The third kappa shape index (κ3) is 3.63. The van der Waals surface area contributed by atoms with Crippen LogP contribution in [0.1, 0.15) is 44.8 Å². The van der Waals surface area contributed by atoms with Crippen molar-refractivity contribution >= 4 is 0 Å². The number of oxazole rings is 1. The second-order valence-electron chi connectivity index (χ2n) is 5.06. The third-order valence-corrected chi connectivity index (χ3v) is 3.65. The molecule has 1 fully saturated rings. The van der Waals surface area contributed by atoms with Crippen molar-refractivity contribution < 1.29 is 4.42 Å². The van der Waals surface area contributed by atoms with Crippen molar-refractivity contribution in [3.8, 4) is 0 Å². The molecule has 1 heterocycles. The van der Waals surface area contributed by atoms with Crippen molar-refractivity contribution in [2.24, 2.45) is 11.8 Å². The predicted molar refractivity (Wildman–Crippen MR) is 63.9 cm³/mol. The maximum atomic E-state index is 5.17. The molecule has 0 unspecified atom stereocenters. The van der Waals surface area contributed by atoms with E-state index in [-0.39, 0.29) is 0 Å². The molecule has 0 radical (unpaired) electrons. The molecule has 0 bridgehead atoms. The Bertz CT molecular complexity index is 276. The molecule has 0 amide bonds. The highest BCUT2D eigenvalue weighted by molar-refractivity contribution is 4.87. The third-order valence-electron chi connectivity index (χ3n) is 3.65. The molecule has 90 valence electrons. The molecule has 0 aliphatic heterocycles. The number of rotatable bonds is 5. The topological polar surface area (TPSA) is 38.1 Å². The van der Waals surface area contributed by atoms with E-state index in [1.54, 1.807) is 6.20 Å². The van der Waals surface area contributed by atoms with Crippen molar-refractivity contribution in [3.63, 3.8) is 0 Å². The van der Waals surface area contributed by atoms with E-state index < -0.39 is 0 Å². The second kappa shape index (κ2) is 6.04. The summed E-state index contributed by atoms with van der Waals surface area (Å²) in [6, 6.07) is 0. The Kier molecular flexibility index (Phi) is 4.40. The summed E-state index contributed by atoms with van der Waals surface area (Å²) < 4.78 is 5.17. The molecule has 16 heavy (non-hydrogen) atoms. The molecule has 0 spiro atoms. The quantitative estimate of drug-likeness (QED) is 0.778. The normalized spacial score (nSPS) is 25.8. The zero-order valence-electron chi connectivity index (χ0n) is 10.1. The highest BCUT2D eigenvalue weighted by atomic mass is 16.3.